The molecule has 5 aromatic rings. The van der Waals surface area contributed by atoms with Crippen LogP contribution in [0.25, 0.3) is 31.8 Å². The van der Waals surface area contributed by atoms with E-state index in [0.29, 0.717) is 45.1 Å². The van der Waals surface area contributed by atoms with E-state index in [9.17, 15) is 9.59 Å². The third kappa shape index (κ3) is 4.73. The van der Waals surface area contributed by atoms with Crippen LogP contribution >= 0.6 is 11.3 Å². The van der Waals surface area contributed by atoms with Crippen LogP contribution in [-0.4, -0.2) is 46.8 Å². The first kappa shape index (κ1) is 25.4. The second-order valence-corrected chi connectivity index (χ2v) is 10.2. The standard InChI is InChI=1S/C28H22FN5O5S/c1-13-6-17(23-20(7-13)33-22(37-2)11-31-23)27-34-21-10-19(29)24-18(25(21)40-27)9-16(39-24)12-38-28(36)32-15-5-3-4-14(8-15)26(30)35/h3-8,10-11,16H,9,12H2,1-2H3,(H2,30,35)(H,32,36). The Balaban J connectivity index is 1.23. The molecule has 3 heterocycles. The lowest BCUT2D eigenvalue weighted by molar-refractivity contribution is 0.0994. The quantitative estimate of drug-likeness (QED) is 0.296. The number of aromatic nitrogens is 3. The number of benzene rings is 3. The maximum absolute atomic E-state index is 15.0. The highest BCUT2D eigenvalue weighted by Gasteiger charge is 2.31. The molecule has 0 aliphatic carbocycles. The van der Waals surface area contributed by atoms with Gasteiger partial charge in [-0.15, -0.1) is 11.3 Å². The van der Waals surface area contributed by atoms with Crippen molar-refractivity contribution in [2.45, 2.75) is 19.4 Å². The van der Waals surface area contributed by atoms with E-state index in [1.165, 1.54) is 36.6 Å². The number of anilines is 1. The first-order chi connectivity index (χ1) is 19.3. The van der Waals surface area contributed by atoms with Gasteiger partial charge in [-0.2, -0.15) is 0 Å². The number of methoxy groups -OCH3 is 1. The predicted octanol–water partition coefficient (Wildman–Crippen LogP) is 5.01. The molecule has 2 aromatic heterocycles. The molecule has 3 N–H and O–H groups in total. The van der Waals surface area contributed by atoms with Crippen LogP contribution in [0.1, 0.15) is 21.5 Å². The van der Waals surface area contributed by atoms with Crippen molar-refractivity contribution in [2.75, 3.05) is 19.0 Å². The number of nitrogens with zero attached hydrogens (tertiary/aromatic N) is 3. The summed E-state index contributed by atoms with van der Waals surface area (Å²) in [5, 5.41) is 3.22. The number of ether oxygens (including phenoxy) is 3. The van der Waals surface area contributed by atoms with Crippen molar-refractivity contribution in [3.63, 3.8) is 0 Å². The normalized spacial score (nSPS) is 14.1. The van der Waals surface area contributed by atoms with Gasteiger partial charge in [-0.05, 0) is 42.8 Å². The molecule has 12 heteroatoms. The molecule has 0 saturated carbocycles. The first-order valence-corrected chi connectivity index (χ1v) is 13.0. The second-order valence-electron chi connectivity index (χ2n) is 9.24. The lowest BCUT2D eigenvalue weighted by Gasteiger charge is -2.12. The van der Waals surface area contributed by atoms with Crippen LogP contribution in [0.15, 0.2) is 48.7 Å². The average Bonchev–Trinajstić information content (AvgIpc) is 3.56. The number of hydrogen-bond acceptors (Lipinski definition) is 9. The maximum atomic E-state index is 15.0. The smallest absolute Gasteiger partial charge is 0.411 e. The van der Waals surface area contributed by atoms with Crippen molar-refractivity contribution in [3.8, 4) is 22.2 Å². The van der Waals surface area contributed by atoms with Crippen molar-refractivity contribution >= 4 is 50.3 Å². The lowest BCUT2D eigenvalue weighted by atomic mass is 10.1. The Bertz CT molecular complexity index is 1820. The fourth-order valence-corrected chi connectivity index (χ4v) is 5.73. The maximum Gasteiger partial charge on any atom is 0.411 e. The van der Waals surface area contributed by atoms with Crippen LogP contribution in [-0.2, 0) is 11.2 Å². The number of fused-ring (bicyclic) bond motifs is 4. The summed E-state index contributed by atoms with van der Waals surface area (Å²) in [5.41, 5.74) is 10.2. The molecule has 0 bridgehead atoms. The molecule has 0 spiro atoms. The van der Waals surface area contributed by atoms with Crippen LogP contribution in [0.5, 0.6) is 11.6 Å². The number of nitrogens with two attached hydrogens (primary N) is 1. The van der Waals surface area contributed by atoms with Gasteiger partial charge in [-0.3, -0.25) is 10.1 Å². The van der Waals surface area contributed by atoms with Gasteiger partial charge in [0.15, 0.2) is 11.6 Å². The number of amides is 2. The minimum atomic E-state index is -0.740. The highest BCUT2D eigenvalue weighted by atomic mass is 32.1. The Morgan fingerprint density at radius 1 is 1.20 bits per heavy atom. The van der Waals surface area contributed by atoms with E-state index >= 15 is 4.39 Å². The van der Waals surface area contributed by atoms with Gasteiger partial charge in [0.25, 0.3) is 0 Å². The van der Waals surface area contributed by atoms with Gasteiger partial charge in [-0.1, -0.05) is 6.07 Å². The minimum Gasteiger partial charge on any atom is -0.483 e. The molecule has 0 radical (unpaired) electrons. The second kappa shape index (κ2) is 10.0. The van der Waals surface area contributed by atoms with Crippen molar-refractivity contribution in [3.05, 3.63) is 71.2 Å². The summed E-state index contributed by atoms with van der Waals surface area (Å²) in [5.74, 6) is -0.610. The minimum absolute atomic E-state index is 0.109. The highest BCUT2D eigenvalue weighted by Crippen LogP contribution is 2.43. The zero-order valence-electron chi connectivity index (χ0n) is 21.4. The van der Waals surface area contributed by atoms with Crippen molar-refractivity contribution in [2.24, 2.45) is 5.73 Å². The van der Waals surface area contributed by atoms with Crippen molar-refractivity contribution < 1.29 is 28.2 Å². The topological polar surface area (TPSA) is 139 Å². The van der Waals surface area contributed by atoms with Gasteiger partial charge in [0.2, 0.25) is 11.8 Å². The van der Waals surface area contributed by atoms with Crippen molar-refractivity contribution in [1.29, 1.82) is 0 Å². The number of aryl methyl sites for hydroxylation is 1. The SMILES string of the molecule is COc1cnc2c(-c3nc4cc(F)c5c(c4s3)CC(COC(=O)Nc3cccc(C(N)=O)c3)O5)cc(C)cc2n1. The number of rotatable bonds is 6. The molecule has 0 saturated heterocycles. The molecule has 10 nitrogen and oxygen atoms in total. The van der Waals surface area contributed by atoms with E-state index in [2.05, 4.69) is 15.3 Å². The molecule has 1 aliphatic heterocycles. The monoisotopic (exact) mass is 559 g/mol. The summed E-state index contributed by atoms with van der Waals surface area (Å²) in [6, 6.07) is 11.4. The number of halogens is 1. The fourth-order valence-electron chi connectivity index (χ4n) is 4.62. The number of primary amides is 1. The third-order valence-corrected chi connectivity index (χ3v) is 7.56. The summed E-state index contributed by atoms with van der Waals surface area (Å²) in [6.07, 6.45) is 0.563. The van der Waals surface area contributed by atoms with Crippen LogP contribution in [0.4, 0.5) is 14.9 Å². The van der Waals surface area contributed by atoms with Crippen LogP contribution in [0.2, 0.25) is 0 Å². The molecule has 1 aliphatic rings. The van der Waals surface area contributed by atoms with E-state index in [4.69, 9.17) is 24.9 Å². The molecular formula is C28H22FN5O5S. The largest absolute Gasteiger partial charge is 0.483 e. The Labute approximate surface area is 230 Å². The van der Waals surface area contributed by atoms with E-state index in [1.807, 2.05) is 19.1 Å². The Kier molecular flexibility index (Phi) is 6.39. The molecule has 40 heavy (non-hydrogen) atoms. The number of hydrogen-bond donors (Lipinski definition) is 2. The summed E-state index contributed by atoms with van der Waals surface area (Å²) in [7, 11) is 1.53. The molecule has 202 valence electrons. The van der Waals surface area contributed by atoms with Crippen LogP contribution < -0.4 is 20.5 Å². The number of thiazole rings is 1. The predicted molar refractivity (Wildman–Crippen MR) is 147 cm³/mol. The van der Waals surface area contributed by atoms with Gasteiger partial charge >= 0.3 is 6.09 Å². The number of carbonyl (C=O) groups is 2. The molecule has 6 rings (SSSR count). The number of nitrogens with one attached hydrogen (secondary N) is 1. The molecule has 1 unspecified atom stereocenters. The fraction of sp³-hybridized carbons (Fsp3) is 0.179. The molecule has 0 fully saturated rings. The van der Waals surface area contributed by atoms with Gasteiger partial charge in [0.1, 0.15) is 17.7 Å². The molecular weight excluding hydrogens is 537 g/mol. The zero-order valence-corrected chi connectivity index (χ0v) is 22.2. The third-order valence-electron chi connectivity index (χ3n) is 6.40. The van der Waals surface area contributed by atoms with Gasteiger partial charge < -0.3 is 19.9 Å². The van der Waals surface area contributed by atoms with Gasteiger partial charge in [0, 0.05) is 34.9 Å². The summed E-state index contributed by atoms with van der Waals surface area (Å²) in [6.45, 7) is 1.85. The van der Waals surface area contributed by atoms with Crippen LogP contribution in [0, 0.1) is 12.7 Å². The summed E-state index contributed by atoms with van der Waals surface area (Å²) in [4.78, 5) is 37.4. The molecule has 3 aromatic carbocycles. The zero-order chi connectivity index (χ0) is 28.0. The van der Waals surface area contributed by atoms with E-state index in [0.717, 1.165) is 15.8 Å². The Hall–Kier alpha value is -4.84. The van der Waals surface area contributed by atoms with Crippen LogP contribution in [0.3, 0.4) is 0 Å². The van der Waals surface area contributed by atoms with Gasteiger partial charge in [-0.25, -0.2) is 24.1 Å². The van der Waals surface area contributed by atoms with E-state index in [1.54, 1.807) is 18.3 Å². The van der Waals surface area contributed by atoms with E-state index < -0.39 is 23.9 Å². The molecule has 2 amide bonds. The lowest BCUT2D eigenvalue weighted by Crippen LogP contribution is -2.25. The van der Waals surface area contributed by atoms with Crippen molar-refractivity contribution in [1.82, 2.24) is 15.0 Å². The Morgan fingerprint density at radius 2 is 2.05 bits per heavy atom. The Morgan fingerprint density at radius 3 is 2.85 bits per heavy atom. The summed E-state index contributed by atoms with van der Waals surface area (Å²) < 4.78 is 32.2. The average molecular weight is 560 g/mol. The first-order valence-electron chi connectivity index (χ1n) is 12.2. The van der Waals surface area contributed by atoms with E-state index in [-0.39, 0.29) is 17.9 Å². The van der Waals surface area contributed by atoms with Gasteiger partial charge in [0.05, 0.1) is 34.6 Å². The number of carbonyl (C=O) groups excluding carboxylic acids is 2. The highest BCUT2D eigenvalue weighted by molar-refractivity contribution is 7.22. The summed E-state index contributed by atoms with van der Waals surface area (Å²) >= 11 is 1.42. The molecule has 1 atom stereocenters.